The average molecular weight is 327 g/mol. The van der Waals surface area contributed by atoms with Crippen molar-refractivity contribution >= 4 is 16.8 Å². The highest BCUT2D eigenvalue weighted by molar-refractivity contribution is 5.87. The third-order valence-electron chi connectivity index (χ3n) is 3.92. The summed E-state index contributed by atoms with van der Waals surface area (Å²) in [4.78, 5) is 12.4. The van der Waals surface area contributed by atoms with Crippen molar-refractivity contribution in [3.63, 3.8) is 0 Å². The first-order valence-electron chi connectivity index (χ1n) is 8.00. The van der Waals surface area contributed by atoms with Gasteiger partial charge in [-0.3, -0.25) is 9.89 Å². The van der Waals surface area contributed by atoms with Crippen molar-refractivity contribution in [3.05, 3.63) is 53.6 Å². The molecule has 0 saturated heterocycles. The van der Waals surface area contributed by atoms with Crippen molar-refractivity contribution in [1.29, 1.82) is 0 Å². The van der Waals surface area contributed by atoms with Gasteiger partial charge < -0.3 is 14.5 Å². The molecule has 1 aromatic carbocycles. The number of nitrogens with zero attached hydrogens (tertiary/aromatic N) is 1. The number of nitrogens with one attached hydrogen (secondary N) is 2. The van der Waals surface area contributed by atoms with Gasteiger partial charge in [0.25, 0.3) is 0 Å². The standard InChI is InChI=1S/C18H21N3O3/c1-3-12-8-9-17(24-12)16(11-23-2)19-18(22)10-15-13-6-4-5-7-14(13)20-21-15/h4-9,16H,3,10-11H2,1-2H3,(H,19,22)(H,20,21)/t16-/m0/s1. The summed E-state index contributed by atoms with van der Waals surface area (Å²) < 4.78 is 11.0. The van der Waals surface area contributed by atoms with Gasteiger partial charge in [0.05, 0.1) is 24.2 Å². The topological polar surface area (TPSA) is 80.1 Å². The first-order chi connectivity index (χ1) is 11.7. The maximum absolute atomic E-state index is 12.4. The third-order valence-corrected chi connectivity index (χ3v) is 3.92. The zero-order valence-corrected chi connectivity index (χ0v) is 13.8. The lowest BCUT2D eigenvalue weighted by molar-refractivity contribution is -0.121. The van der Waals surface area contributed by atoms with E-state index < -0.39 is 0 Å². The monoisotopic (exact) mass is 327 g/mol. The Morgan fingerprint density at radius 1 is 1.33 bits per heavy atom. The van der Waals surface area contributed by atoms with E-state index in [9.17, 15) is 4.79 Å². The number of carbonyl (C=O) groups is 1. The van der Waals surface area contributed by atoms with E-state index in [0.717, 1.165) is 28.8 Å². The summed E-state index contributed by atoms with van der Waals surface area (Å²) in [6, 6.07) is 11.2. The summed E-state index contributed by atoms with van der Waals surface area (Å²) in [6.45, 7) is 2.38. The molecular formula is C18H21N3O3. The van der Waals surface area contributed by atoms with E-state index in [0.29, 0.717) is 12.4 Å². The molecule has 126 valence electrons. The number of aromatic amines is 1. The molecule has 6 nitrogen and oxygen atoms in total. The van der Waals surface area contributed by atoms with Crippen LogP contribution in [0.3, 0.4) is 0 Å². The number of aryl methyl sites for hydroxylation is 1. The highest BCUT2D eigenvalue weighted by Crippen LogP contribution is 2.19. The Morgan fingerprint density at radius 2 is 2.17 bits per heavy atom. The van der Waals surface area contributed by atoms with Crippen LogP contribution in [0.1, 0.15) is 30.2 Å². The Labute approximate surface area is 140 Å². The highest BCUT2D eigenvalue weighted by Gasteiger charge is 2.19. The minimum Gasteiger partial charge on any atom is -0.464 e. The van der Waals surface area contributed by atoms with Crippen LogP contribution in [0.25, 0.3) is 10.9 Å². The molecule has 0 bridgehead atoms. The number of hydrogen-bond acceptors (Lipinski definition) is 4. The summed E-state index contributed by atoms with van der Waals surface area (Å²) in [5.74, 6) is 1.48. The number of hydrogen-bond donors (Lipinski definition) is 2. The van der Waals surface area contributed by atoms with Crippen molar-refractivity contribution in [3.8, 4) is 0 Å². The largest absolute Gasteiger partial charge is 0.464 e. The fourth-order valence-corrected chi connectivity index (χ4v) is 2.69. The van der Waals surface area contributed by atoms with E-state index in [1.54, 1.807) is 7.11 Å². The number of benzene rings is 1. The second kappa shape index (κ2) is 7.31. The van der Waals surface area contributed by atoms with E-state index in [2.05, 4.69) is 15.5 Å². The fourth-order valence-electron chi connectivity index (χ4n) is 2.69. The van der Waals surface area contributed by atoms with Crippen LogP contribution < -0.4 is 5.32 Å². The molecule has 2 aromatic heterocycles. The van der Waals surface area contributed by atoms with E-state index in [4.69, 9.17) is 9.15 Å². The van der Waals surface area contributed by atoms with Gasteiger partial charge in [0, 0.05) is 18.9 Å². The lowest BCUT2D eigenvalue weighted by Crippen LogP contribution is -2.32. The van der Waals surface area contributed by atoms with Gasteiger partial charge in [0.2, 0.25) is 5.91 Å². The van der Waals surface area contributed by atoms with Gasteiger partial charge in [-0.2, -0.15) is 5.10 Å². The molecule has 1 atom stereocenters. The molecule has 1 amide bonds. The van der Waals surface area contributed by atoms with Crippen LogP contribution in [0.5, 0.6) is 0 Å². The predicted octanol–water partition coefficient (Wildman–Crippen LogP) is 2.76. The molecule has 0 unspecified atom stereocenters. The number of amides is 1. The van der Waals surface area contributed by atoms with Gasteiger partial charge in [-0.1, -0.05) is 25.1 Å². The Balaban J connectivity index is 1.71. The molecular weight excluding hydrogens is 306 g/mol. The molecule has 6 heteroatoms. The van der Waals surface area contributed by atoms with Crippen LogP contribution in [-0.2, 0) is 22.4 Å². The summed E-state index contributed by atoms with van der Waals surface area (Å²) in [5, 5.41) is 11.1. The Morgan fingerprint density at radius 3 is 2.92 bits per heavy atom. The second-order valence-corrected chi connectivity index (χ2v) is 5.63. The quantitative estimate of drug-likeness (QED) is 0.699. The van der Waals surface area contributed by atoms with Gasteiger partial charge in [-0.15, -0.1) is 0 Å². The van der Waals surface area contributed by atoms with Crippen LogP contribution in [0, 0.1) is 0 Å². The lowest BCUT2D eigenvalue weighted by Gasteiger charge is -2.15. The van der Waals surface area contributed by atoms with Gasteiger partial charge in [-0.25, -0.2) is 0 Å². The molecule has 3 rings (SSSR count). The zero-order chi connectivity index (χ0) is 16.9. The molecule has 2 N–H and O–H groups in total. The van der Waals surface area contributed by atoms with Crippen molar-refractivity contribution in [2.45, 2.75) is 25.8 Å². The Hall–Kier alpha value is -2.60. The zero-order valence-electron chi connectivity index (χ0n) is 13.8. The molecule has 0 fully saturated rings. The molecule has 3 aromatic rings. The van der Waals surface area contributed by atoms with Crippen LogP contribution >= 0.6 is 0 Å². The van der Waals surface area contributed by atoms with Crippen molar-refractivity contribution in [2.75, 3.05) is 13.7 Å². The minimum absolute atomic E-state index is 0.110. The van der Waals surface area contributed by atoms with E-state index in [1.165, 1.54) is 0 Å². The maximum atomic E-state index is 12.4. The highest BCUT2D eigenvalue weighted by atomic mass is 16.5. The van der Waals surface area contributed by atoms with Crippen molar-refractivity contribution in [1.82, 2.24) is 15.5 Å². The van der Waals surface area contributed by atoms with E-state index in [1.807, 2.05) is 43.3 Å². The first-order valence-corrected chi connectivity index (χ1v) is 8.00. The number of aromatic nitrogens is 2. The van der Waals surface area contributed by atoms with Crippen LogP contribution in [0.15, 0.2) is 40.8 Å². The summed E-state index contributed by atoms with van der Waals surface area (Å²) in [7, 11) is 1.60. The number of rotatable bonds is 7. The Kier molecular flexibility index (Phi) is 4.96. The lowest BCUT2D eigenvalue weighted by atomic mass is 10.1. The average Bonchev–Trinajstić information content (AvgIpc) is 3.22. The van der Waals surface area contributed by atoms with Crippen molar-refractivity contribution < 1.29 is 13.9 Å². The fraction of sp³-hybridized carbons (Fsp3) is 0.333. The van der Waals surface area contributed by atoms with Crippen LogP contribution in [0.2, 0.25) is 0 Å². The van der Waals surface area contributed by atoms with Crippen LogP contribution in [-0.4, -0.2) is 29.8 Å². The second-order valence-electron chi connectivity index (χ2n) is 5.63. The van der Waals surface area contributed by atoms with Gasteiger partial charge in [0.15, 0.2) is 0 Å². The molecule has 0 aliphatic rings. The summed E-state index contributed by atoms with van der Waals surface area (Å²) in [6.07, 6.45) is 1.04. The SMILES string of the molecule is CCc1ccc([C@H](COC)NC(=O)Cc2[nH]nc3ccccc23)o1. The van der Waals surface area contributed by atoms with Crippen molar-refractivity contribution in [2.24, 2.45) is 0 Å². The number of H-pyrrole nitrogens is 1. The summed E-state index contributed by atoms with van der Waals surface area (Å²) in [5.41, 5.74) is 1.65. The number of para-hydroxylation sites is 1. The number of carbonyl (C=O) groups excluding carboxylic acids is 1. The van der Waals surface area contributed by atoms with Crippen LogP contribution in [0.4, 0.5) is 0 Å². The molecule has 0 radical (unpaired) electrons. The Bertz CT molecular complexity index is 822. The molecule has 0 aliphatic carbocycles. The number of ether oxygens (including phenoxy) is 1. The smallest absolute Gasteiger partial charge is 0.226 e. The normalized spacial score (nSPS) is 12.4. The molecule has 0 aliphatic heterocycles. The minimum atomic E-state index is -0.308. The third kappa shape index (κ3) is 3.49. The number of methoxy groups -OCH3 is 1. The van der Waals surface area contributed by atoms with Gasteiger partial charge in [0.1, 0.15) is 17.6 Å². The first kappa shape index (κ1) is 16.3. The molecule has 0 spiro atoms. The number of furan rings is 1. The van der Waals surface area contributed by atoms with E-state index in [-0.39, 0.29) is 18.4 Å². The molecule has 2 heterocycles. The predicted molar refractivity (Wildman–Crippen MR) is 90.6 cm³/mol. The maximum Gasteiger partial charge on any atom is 0.226 e. The summed E-state index contributed by atoms with van der Waals surface area (Å²) >= 11 is 0. The van der Waals surface area contributed by atoms with E-state index >= 15 is 0 Å². The van der Waals surface area contributed by atoms with Gasteiger partial charge in [-0.05, 0) is 18.2 Å². The molecule has 24 heavy (non-hydrogen) atoms. The van der Waals surface area contributed by atoms with Gasteiger partial charge >= 0.3 is 0 Å². The number of fused-ring (bicyclic) bond motifs is 1. The molecule has 0 saturated carbocycles.